The lowest BCUT2D eigenvalue weighted by molar-refractivity contribution is -0.130. The number of ether oxygens (including phenoxy) is 1. The second kappa shape index (κ2) is 9.06. The minimum Gasteiger partial charge on any atom is -0.383 e. The van der Waals surface area contributed by atoms with Crippen molar-refractivity contribution in [2.24, 2.45) is 5.92 Å². The van der Waals surface area contributed by atoms with Gasteiger partial charge >= 0.3 is 0 Å². The van der Waals surface area contributed by atoms with E-state index in [9.17, 15) is 9.59 Å². The van der Waals surface area contributed by atoms with Crippen molar-refractivity contribution in [1.29, 1.82) is 0 Å². The van der Waals surface area contributed by atoms with E-state index < -0.39 is 0 Å². The van der Waals surface area contributed by atoms with Crippen molar-refractivity contribution in [3.05, 3.63) is 54.6 Å². The van der Waals surface area contributed by atoms with E-state index in [1.54, 1.807) is 23.8 Å². The maximum atomic E-state index is 12.8. The molecule has 2 aromatic carbocycles. The highest BCUT2D eigenvalue weighted by Crippen LogP contribution is 2.33. The van der Waals surface area contributed by atoms with Crippen LogP contribution in [0.15, 0.2) is 64.4 Å². The number of carbonyl (C=O) groups excluding carboxylic acids is 2. The van der Waals surface area contributed by atoms with Crippen LogP contribution in [0.1, 0.15) is 13.3 Å². The normalized spacial score (nSPS) is 17.8. The third kappa shape index (κ3) is 4.90. The molecule has 1 fully saturated rings. The Balaban J connectivity index is 1.67. The smallest absolute Gasteiger partial charge is 0.229 e. The molecule has 0 unspecified atom stereocenters. The van der Waals surface area contributed by atoms with Crippen molar-refractivity contribution in [3.63, 3.8) is 0 Å². The molecule has 6 heteroatoms. The minimum atomic E-state index is -0.341. The van der Waals surface area contributed by atoms with Crippen LogP contribution >= 0.6 is 11.8 Å². The topological polar surface area (TPSA) is 58.6 Å². The summed E-state index contributed by atoms with van der Waals surface area (Å²) in [7, 11) is 1.61. The Kier molecular flexibility index (Phi) is 6.53. The summed E-state index contributed by atoms with van der Waals surface area (Å²) in [5.41, 5.74) is 0.771. The molecule has 5 nitrogen and oxygen atoms in total. The van der Waals surface area contributed by atoms with E-state index in [0.29, 0.717) is 13.2 Å². The Bertz CT molecular complexity index is 797. The molecular weight excluding hydrogens is 360 g/mol. The van der Waals surface area contributed by atoms with Crippen molar-refractivity contribution in [2.45, 2.75) is 29.2 Å². The first kappa shape index (κ1) is 19.5. The lowest BCUT2D eigenvalue weighted by atomic mass is 10.1. The molecule has 0 spiro atoms. The number of hydrogen-bond acceptors (Lipinski definition) is 4. The number of carbonyl (C=O) groups is 2. The summed E-state index contributed by atoms with van der Waals surface area (Å²) in [5.74, 6) is -0.449. The molecular formula is C21H24N2O3S. The van der Waals surface area contributed by atoms with Gasteiger partial charge in [-0.05, 0) is 31.2 Å². The number of nitrogens with one attached hydrogen (secondary N) is 1. The summed E-state index contributed by atoms with van der Waals surface area (Å²) in [6.45, 7) is 2.84. The molecule has 1 aliphatic rings. The van der Waals surface area contributed by atoms with Gasteiger partial charge in [0.15, 0.2) is 0 Å². The predicted octanol–water partition coefficient (Wildman–Crippen LogP) is 3.66. The summed E-state index contributed by atoms with van der Waals surface area (Å²) >= 11 is 1.60. The third-order valence-corrected chi connectivity index (χ3v) is 5.67. The monoisotopic (exact) mass is 384 g/mol. The van der Waals surface area contributed by atoms with Gasteiger partial charge in [0.05, 0.1) is 24.3 Å². The van der Waals surface area contributed by atoms with Crippen LogP contribution in [0.25, 0.3) is 0 Å². The molecule has 0 aromatic heterocycles. The highest BCUT2D eigenvalue weighted by atomic mass is 32.2. The molecule has 0 radical (unpaired) electrons. The molecule has 1 N–H and O–H groups in total. The first-order chi connectivity index (χ1) is 13.1. The predicted molar refractivity (Wildman–Crippen MR) is 107 cm³/mol. The third-order valence-electron chi connectivity index (χ3n) is 4.59. The lowest BCUT2D eigenvalue weighted by Gasteiger charge is -2.24. The van der Waals surface area contributed by atoms with Crippen molar-refractivity contribution in [3.8, 4) is 0 Å². The van der Waals surface area contributed by atoms with Crippen LogP contribution in [-0.2, 0) is 14.3 Å². The van der Waals surface area contributed by atoms with E-state index in [1.807, 2.05) is 61.5 Å². The Morgan fingerprint density at radius 3 is 2.67 bits per heavy atom. The first-order valence-electron chi connectivity index (χ1n) is 8.99. The van der Waals surface area contributed by atoms with Crippen LogP contribution in [0.4, 0.5) is 5.69 Å². The first-order valence-corrected chi connectivity index (χ1v) is 9.81. The average molecular weight is 385 g/mol. The zero-order valence-corrected chi connectivity index (χ0v) is 16.4. The van der Waals surface area contributed by atoms with Gasteiger partial charge in [-0.3, -0.25) is 9.59 Å². The quantitative estimate of drug-likeness (QED) is 0.791. The number of para-hydroxylation sites is 1. The second-order valence-electron chi connectivity index (χ2n) is 6.65. The largest absolute Gasteiger partial charge is 0.383 e. The summed E-state index contributed by atoms with van der Waals surface area (Å²) in [4.78, 5) is 28.8. The van der Waals surface area contributed by atoms with E-state index >= 15 is 0 Å². The van der Waals surface area contributed by atoms with Crippen LogP contribution in [-0.4, -0.2) is 43.0 Å². The highest BCUT2D eigenvalue weighted by Gasteiger charge is 2.36. The van der Waals surface area contributed by atoms with Gasteiger partial charge < -0.3 is 15.0 Å². The Morgan fingerprint density at radius 2 is 1.93 bits per heavy atom. The van der Waals surface area contributed by atoms with Gasteiger partial charge in [-0.1, -0.05) is 42.1 Å². The summed E-state index contributed by atoms with van der Waals surface area (Å²) < 4.78 is 5.13. The van der Waals surface area contributed by atoms with Crippen molar-refractivity contribution in [2.75, 3.05) is 25.6 Å². The van der Waals surface area contributed by atoms with E-state index in [-0.39, 0.29) is 30.2 Å². The molecule has 1 heterocycles. The SMILES string of the molecule is COC[C@H](C)N1C[C@@H](C(=O)Nc2ccccc2Sc2ccccc2)CC1=O. The Morgan fingerprint density at radius 1 is 1.22 bits per heavy atom. The summed E-state index contributed by atoms with van der Waals surface area (Å²) in [6.07, 6.45) is 0.244. The van der Waals surface area contributed by atoms with Gasteiger partial charge in [-0.25, -0.2) is 0 Å². The van der Waals surface area contributed by atoms with E-state index in [4.69, 9.17) is 4.74 Å². The maximum Gasteiger partial charge on any atom is 0.229 e. The number of anilines is 1. The minimum absolute atomic E-state index is 0.00615. The fourth-order valence-electron chi connectivity index (χ4n) is 3.17. The average Bonchev–Trinajstić information content (AvgIpc) is 3.06. The fraction of sp³-hybridized carbons (Fsp3) is 0.333. The standard InChI is InChI=1S/C21H24N2O3S/c1-15(14-26-2)23-13-16(12-20(23)24)21(25)22-18-10-6-7-11-19(18)27-17-8-4-3-5-9-17/h3-11,15-16H,12-14H2,1-2H3,(H,22,25)/t15-,16-/m0/s1. The maximum absolute atomic E-state index is 12.8. The van der Waals surface area contributed by atoms with Crippen LogP contribution in [0, 0.1) is 5.92 Å². The molecule has 3 rings (SSSR count). The van der Waals surface area contributed by atoms with Crippen LogP contribution < -0.4 is 5.32 Å². The Hall–Kier alpha value is -2.31. The highest BCUT2D eigenvalue weighted by molar-refractivity contribution is 7.99. The molecule has 142 valence electrons. The second-order valence-corrected chi connectivity index (χ2v) is 7.77. The number of benzene rings is 2. The van der Waals surface area contributed by atoms with Gasteiger partial charge in [0.1, 0.15) is 0 Å². The van der Waals surface area contributed by atoms with Crippen molar-refractivity contribution < 1.29 is 14.3 Å². The number of methoxy groups -OCH3 is 1. The molecule has 2 amide bonds. The molecule has 27 heavy (non-hydrogen) atoms. The van der Waals surface area contributed by atoms with Crippen LogP contribution in [0.2, 0.25) is 0 Å². The molecule has 1 saturated heterocycles. The zero-order valence-electron chi connectivity index (χ0n) is 15.6. The number of nitrogens with zero attached hydrogens (tertiary/aromatic N) is 1. The molecule has 0 bridgehead atoms. The van der Waals surface area contributed by atoms with Gasteiger partial charge in [0.2, 0.25) is 11.8 Å². The molecule has 0 aliphatic carbocycles. The molecule has 0 saturated carbocycles. The van der Waals surface area contributed by atoms with E-state index in [2.05, 4.69) is 5.32 Å². The van der Waals surface area contributed by atoms with Gasteiger partial charge in [-0.15, -0.1) is 0 Å². The fourth-order valence-corrected chi connectivity index (χ4v) is 4.10. The molecule has 1 aliphatic heterocycles. The summed E-state index contributed by atoms with van der Waals surface area (Å²) in [5, 5.41) is 3.01. The number of amides is 2. The number of hydrogen-bond donors (Lipinski definition) is 1. The Labute approximate surface area is 164 Å². The van der Waals surface area contributed by atoms with Crippen molar-refractivity contribution >= 4 is 29.3 Å². The van der Waals surface area contributed by atoms with Crippen LogP contribution in [0.5, 0.6) is 0 Å². The molecule has 2 aromatic rings. The van der Waals surface area contributed by atoms with Crippen molar-refractivity contribution in [1.82, 2.24) is 4.90 Å². The number of rotatable bonds is 7. The summed E-state index contributed by atoms with van der Waals surface area (Å²) in [6, 6.07) is 17.7. The van der Waals surface area contributed by atoms with Gasteiger partial charge in [-0.2, -0.15) is 0 Å². The molecule has 2 atom stereocenters. The van der Waals surface area contributed by atoms with Crippen LogP contribution in [0.3, 0.4) is 0 Å². The zero-order chi connectivity index (χ0) is 19.2. The van der Waals surface area contributed by atoms with E-state index in [0.717, 1.165) is 15.5 Å². The van der Waals surface area contributed by atoms with Gasteiger partial charge in [0.25, 0.3) is 0 Å². The lowest BCUT2D eigenvalue weighted by Crippen LogP contribution is -2.38. The number of likely N-dealkylation sites (tertiary alicyclic amines) is 1. The van der Waals surface area contributed by atoms with E-state index in [1.165, 1.54) is 0 Å². The van der Waals surface area contributed by atoms with Gasteiger partial charge in [0, 0.05) is 29.9 Å².